The van der Waals surface area contributed by atoms with Crippen molar-refractivity contribution in [2.45, 2.75) is 19.9 Å². The largest absolute Gasteiger partial charge is 0.493 e. The fourth-order valence-electron chi connectivity index (χ4n) is 3.68. The molecule has 0 aliphatic rings. The monoisotopic (exact) mass is 606 g/mol. The minimum atomic E-state index is -1.07. The summed E-state index contributed by atoms with van der Waals surface area (Å²) in [6, 6.07) is 11.9. The van der Waals surface area contributed by atoms with Crippen LogP contribution in [0.25, 0.3) is 10.9 Å². The Morgan fingerprint density at radius 3 is 2.33 bits per heavy atom. The van der Waals surface area contributed by atoms with Crippen molar-refractivity contribution >= 4 is 38.7 Å². The highest BCUT2D eigenvalue weighted by molar-refractivity contribution is 9.10. The number of nitrogens with one attached hydrogen (secondary N) is 2. The van der Waals surface area contributed by atoms with E-state index in [4.69, 9.17) is 28.8 Å². The highest BCUT2D eigenvalue weighted by Crippen LogP contribution is 2.35. The number of carbonyl (C=O) groups is 1. The fraction of sp³-hybridized carbons (Fsp3) is 0.444. The summed E-state index contributed by atoms with van der Waals surface area (Å²) >= 11 is 3.53. The second-order valence-electron chi connectivity index (χ2n) is 8.48. The summed E-state index contributed by atoms with van der Waals surface area (Å²) in [5, 5.41) is 15.0. The van der Waals surface area contributed by atoms with E-state index in [-0.39, 0.29) is 12.6 Å². The molecular formula is C27H35BrN4O7. The molecule has 0 radical (unpaired) electrons. The molecule has 0 fully saturated rings. The Bertz CT molecular complexity index is 1210. The molecule has 0 aliphatic heterocycles. The average Bonchev–Trinajstić information content (AvgIpc) is 2.90. The van der Waals surface area contributed by atoms with Gasteiger partial charge in [-0.05, 0) is 37.6 Å². The molecule has 1 unspecified atom stereocenters. The lowest BCUT2D eigenvalue weighted by Gasteiger charge is -2.18. The third-order valence-electron chi connectivity index (χ3n) is 5.55. The number of halogens is 1. The molecule has 39 heavy (non-hydrogen) atoms. The number of anilines is 1. The van der Waals surface area contributed by atoms with Crippen LogP contribution in [0.5, 0.6) is 11.5 Å². The molecule has 0 saturated carbocycles. The number of methoxy groups -OCH3 is 1. The van der Waals surface area contributed by atoms with Crippen molar-refractivity contribution in [1.82, 2.24) is 15.3 Å². The maximum Gasteiger partial charge on any atom is 0.404 e. The molecule has 1 aromatic heterocycles. The van der Waals surface area contributed by atoms with Gasteiger partial charge in [-0.3, -0.25) is 0 Å². The molecule has 212 valence electrons. The van der Waals surface area contributed by atoms with Crippen LogP contribution in [0.4, 0.5) is 10.6 Å². The number of benzene rings is 2. The van der Waals surface area contributed by atoms with Crippen LogP contribution >= 0.6 is 15.9 Å². The van der Waals surface area contributed by atoms with Gasteiger partial charge in [-0.25, -0.2) is 14.8 Å². The second kappa shape index (κ2) is 16.0. The van der Waals surface area contributed by atoms with Crippen LogP contribution in [-0.4, -0.2) is 81.1 Å². The van der Waals surface area contributed by atoms with Crippen LogP contribution in [-0.2, 0) is 14.2 Å². The van der Waals surface area contributed by atoms with E-state index in [0.717, 1.165) is 26.8 Å². The Morgan fingerprint density at radius 1 is 0.974 bits per heavy atom. The molecule has 0 saturated heterocycles. The Labute approximate surface area is 236 Å². The van der Waals surface area contributed by atoms with Crippen LogP contribution in [0.3, 0.4) is 0 Å². The van der Waals surface area contributed by atoms with Gasteiger partial charge in [-0.2, -0.15) is 0 Å². The summed E-state index contributed by atoms with van der Waals surface area (Å²) in [7, 11) is 1.60. The minimum absolute atomic E-state index is 0.0247. The number of hydrogen-bond acceptors (Lipinski definition) is 9. The SMILES string of the molecule is COc1cc2c(NC(C)c3cccc(Br)c3)nc(C)nc2cc1OCCOCCOCCOCCNC(=O)O. The molecule has 0 spiro atoms. The van der Waals surface area contributed by atoms with Gasteiger partial charge in [0, 0.05) is 22.5 Å². The summed E-state index contributed by atoms with van der Waals surface area (Å²) in [6.07, 6.45) is -1.07. The van der Waals surface area contributed by atoms with E-state index >= 15 is 0 Å². The van der Waals surface area contributed by atoms with Crippen molar-refractivity contribution < 1.29 is 33.6 Å². The number of aryl methyl sites for hydroxylation is 1. The van der Waals surface area contributed by atoms with E-state index in [1.165, 1.54) is 0 Å². The molecule has 1 atom stereocenters. The standard InChI is InChI=1S/C27H35BrN4O7/c1-18(20-5-4-6-21(28)15-20)30-26-22-16-24(35-3)25(17-23(22)31-19(2)32-26)39-14-13-38-12-11-37-10-9-36-8-7-29-27(33)34/h4-6,15-18,29H,7-14H2,1-3H3,(H,33,34)(H,30,31,32). The summed E-state index contributed by atoms with van der Waals surface area (Å²) in [5.41, 5.74) is 1.88. The Hall–Kier alpha value is -3.19. The molecule has 2 aromatic carbocycles. The molecule has 1 heterocycles. The van der Waals surface area contributed by atoms with E-state index < -0.39 is 6.09 Å². The van der Waals surface area contributed by atoms with E-state index in [0.29, 0.717) is 63.6 Å². The zero-order valence-electron chi connectivity index (χ0n) is 22.4. The van der Waals surface area contributed by atoms with E-state index in [1.807, 2.05) is 31.2 Å². The topological polar surface area (TPSA) is 133 Å². The Balaban J connectivity index is 1.47. The zero-order valence-corrected chi connectivity index (χ0v) is 24.0. The lowest BCUT2D eigenvalue weighted by Crippen LogP contribution is -2.25. The highest BCUT2D eigenvalue weighted by atomic mass is 79.9. The molecule has 3 aromatic rings. The molecule has 3 N–H and O–H groups in total. The first-order valence-corrected chi connectivity index (χ1v) is 13.4. The van der Waals surface area contributed by atoms with Gasteiger partial charge in [0.2, 0.25) is 0 Å². The van der Waals surface area contributed by atoms with E-state index in [2.05, 4.69) is 55.6 Å². The molecule has 3 rings (SSSR count). The van der Waals surface area contributed by atoms with E-state index in [1.54, 1.807) is 7.11 Å². The number of nitrogens with zero attached hydrogens (tertiary/aromatic N) is 2. The van der Waals surface area contributed by atoms with Crippen LogP contribution in [0.1, 0.15) is 24.4 Å². The summed E-state index contributed by atoms with van der Waals surface area (Å²) < 4.78 is 28.8. The van der Waals surface area contributed by atoms with Crippen molar-refractivity contribution in [3.05, 3.63) is 52.3 Å². The number of hydrogen-bond donors (Lipinski definition) is 3. The van der Waals surface area contributed by atoms with Crippen molar-refractivity contribution in [2.24, 2.45) is 0 Å². The first kappa shape index (κ1) is 30.4. The molecule has 0 aliphatic carbocycles. The van der Waals surface area contributed by atoms with Crippen molar-refractivity contribution in [1.29, 1.82) is 0 Å². The summed E-state index contributed by atoms with van der Waals surface area (Å²) in [6.45, 7) is 6.82. The molecular weight excluding hydrogens is 572 g/mol. The lowest BCUT2D eigenvalue weighted by molar-refractivity contribution is 0.00981. The Kier molecular flexibility index (Phi) is 12.5. The van der Waals surface area contributed by atoms with Gasteiger partial charge in [0.05, 0.1) is 58.3 Å². The first-order valence-electron chi connectivity index (χ1n) is 12.6. The van der Waals surface area contributed by atoms with Crippen LogP contribution < -0.4 is 20.1 Å². The molecule has 1 amide bonds. The quantitative estimate of drug-likeness (QED) is 0.187. The van der Waals surface area contributed by atoms with Crippen molar-refractivity contribution in [3.8, 4) is 11.5 Å². The van der Waals surface area contributed by atoms with Crippen LogP contribution in [0.15, 0.2) is 40.9 Å². The highest BCUT2D eigenvalue weighted by Gasteiger charge is 2.15. The number of carboxylic acid groups (broad SMARTS) is 1. The third-order valence-corrected chi connectivity index (χ3v) is 6.04. The normalized spacial score (nSPS) is 11.8. The minimum Gasteiger partial charge on any atom is -0.493 e. The van der Waals surface area contributed by atoms with Gasteiger partial charge >= 0.3 is 6.09 Å². The predicted molar refractivity (Wildman–Crippen MR) is 151 cm³/mol. The average molecular weight is 608 g/mol. The smallest absolute Gasteiger partial charge is 0.404 e. The zero-order chi connectivity index (χ0) is 28.0. The van der Waals surface area contributed by atoms with Gasteiger partial charge in [-0.15, -0.1) is 0 Å². The number of rotatable bonds is 17. The predicted octanol–water partition coefficient (Wildman–Crippen LogP) is 4.58. The lowest BCUT2D eigenvalue weighted by atomic mass is 10.1. The third kappa shape index (κ3) is 10.1. The molecule has 11 nitrogen and oxygen atoms in total. The number of ether oxygens (including phenoxy) is 5. The van der Waals surface area contributed by atoms with Gasteiger partial charge in [-0.1, -0.05) is 28.1 Å². The second-order valence-corrected chi connectivity index (χ2v) is 9.39. The van der Waals surface area contributed by atoms with E-state index in [9.17, 15) is 4.79 Å². The summed E-state index contributed by atoms with van der Waals surface area (Å²) in [5.74, 6) is 2.52. The van der Waals surface area contributed by atoms with Gasteiger partial charge in [0.25, 0.3) is 0 Å². The van der Waals surface area contributed by atoms with Crippen molar-refractivity contribution in [3.63, 3.8) is 0 Å². The number of aromatic nitrogens is 2. The number of fused-ring (bicyclic) bond motifs is 1. The van der Waals surface area contributed by atoms with Crippen molar-refractivity contribution in [2.75, 3.05) is 65.2 Å². The molecule has 12 heteroatoms. The fourth-order valence-corrected chi connectivity index (χ4v) is 4.10. The molecule has 0 bridgehead atoms. The Morgan fingerprint density at radius 2 is 1.67 bits per heavy atom. The maximum atomic E-state index is 10.3. The van der Waals surface area contributed by atoms with Crippen LogP contribution in [0.2, 0.25) is 0 Å². The van der Waals surface area contributed by atoms with Gasteiger partial charge in [0.1, 0.15) is 18.2 Å². The van der Waals surface area contributed by atoms with Gasteiger partial charge < -0.3 is 39.4 Å². The maximum absolute atomic E-state index is 10.3. The summed E-state index contributed by atoms with van der Waals surface area (Å²) in [4.78, 5) is 19.6. The van der Waals surface area contributed by atoms with Crippen LogP contribution in [0, 0.1) is 6.92 Å². The number of amides is 1. The first-order chi connectivity index (χ1) is 18.9. The van der Waals surface area contributed by atoms with Gasteiger partial charge in [0.15, 0.2) is 11.5 Å².